The highest BCUT2D eigenvalue weighted by molar-refractivity contribution is 5.77. The van der Waals surface area contributed by atoms with Crippen LogP contribution in [0.1, 0.15) is 23.6 Å². The van der Waals surface area contributed by atoms with Gasteiger partial charge in [0.2, 0.25) is 0 Å². The van der Waals surface area contributed by atoms with Gasteiger partial charge in [0.1, 0.15) is 17.7 Å². The lowest BCUT2D eigenvalue weighted by Gasteiger charge is -2.41. The molecule has 2 fully saturated rings. The van der Waals surface area contributed by atoms with Gasteiger partial charge in [0.05, 0.1) is 12.6 Å². The standard InChI is InChI=1S/C21H22F2N2O2/c22-17-5-1-15(2-6-17)20(16-3-7-18(23)8-4-16)25-12-10-24(11-13-25)19-9-14-27-21(19)26/h1-8,19-20H,9-14H2. The Morgan fingerprint density at radius 2 is 1.37 bits per heavy atom. The summed E-state index contributed by atoms with van der Waals surface area (Å²) in [5, 5.41) is 0. The summed E-state index contributed by atoms with van der Waals surface area (Å²) in [6.45, 7) is 3.56. The lowest BCUT2D eigenvalue weighted by molar-refractivity contribution is -0.142. The van der Waals surface area contributed by atoms with Gasteiger partial charge >= 0.3 is 5.97 Å². The van der Waals surface area contributed by atoms with Crippen molar-refractivity contribution in [3.8, 4) is 0 Å². The monoisotopic (exact) mass is 372 g/mol. The number of piperazine rings is 1. The van der Waals surface area contributed by atoms with Crippen LogP contribution in [-0.4, -0.2) is 54.6 Å². The largest absolute Gasteiger partial charge is 0.464 e. The van der Waals surface area contributed by atoms with E-state index >= 15 is 0 Å². The number of benzene rings is 2. The van der Waals surface area contributed by atoms with E-state index in [4.69, 9.17) is 4.74 Å². The van der Waals surface area contributed by atoms with Crippen molar-refractivity contribution in [1.29, 1.82) is 0 Å². The molecule has 4 nitrogen and oxygen atoms in total. The molecule has 2 heterocycles. The maximum Gasteiger partial charge on any atom is 0.323 e. The summed E-state index contributed by atoms with van der Waals surface area (Å²) in [6, 6.07) is 12.7. The zero-order chi connectivity index (χ0) is 18.8. The van der Waals surface area contributed by atoms with E-state index in [9.17, 15) is 13.6 Å². The Hall–Kier alpha value is -2.31. The van der Waals surface area contributed by atoms with E-state index in [1.165, 1.54) is 24.3 Å². The zero-order valence-electron chi connectivity index (χ0n) is 15.0. The molecule has 0 saturated carbocycles. The molecule has 0 amide bonds. The molecule has 0 aliphatic carbocycles. The summed E-state index contributed by atoms with van der Waals surface area (Å²) < 4.78 is 31.9. The molecule has 0 radical (unpaired) electrons. The maximum atomic E-state index is 13.4. The number of cyclic esters (lactones) is 1. The molecular formula is C21H22F2N2O2. The molecule has 4 rings (SSSR count). The molecule has 142 valence electrons. The topological polar surface area (TPSA) is 32.8 Å². The molecule has 2 aliphatic heterocycles. The quantitative estimate of drug-likeness (QED) is 0.773. The summed E-state index contributed by atoms with van der Waals surface area (Å²) in [5.74, 6) is -0.681. The first-order chi connectivity index (χ1) is 13.1. The number of esters is 1. The third-order valence-electron chi connectivity index (χ3n) is 5.43. The van der Waals surface area contributed by atoms with Gasteiger partial charge in [0, 0.05) is 32.6 Å². The molecule has 2 aromatic carbocycles. The van der Waals surface area contributed by atoms with Crippen molar-refractivity contribution in [3.63, 3.8) is 0 Å². The van der Waals surface area contributed by atoms with E-state index in [1.807, 2.05) is 0 Å². The number of halogens is 2. The minimum atomic E-state index is -0.277. The van der Waals surface area contributed by atoms with Crippen LogP contribution in [0.4, 0.5) is 8.78 Å². The van der Waals surface area contributed by atoms with E-state index < -0.39 is 0 Å². The first kappa shape index (κ1) is 18.1. The van der Waals surface area contributed by atoms with Gasteiger partial charge in [0.15, 0.2) is 0 Å². The average Bonchev–Trinajstić information content (AvgIpc) is 3.11. The highest BCUT2D eigenvalue weighted by Crippen LogP contribution is 2.30. The van der Waals surface area contributed by atoms with E-state index in [0.29, 0.717) is 6.61 Å². The predicted octanol–water partition coefficient (Wildman–Crippen LogP) is 2.99. The number of carbonyl (C=O) groups excluding carboxylic acids is 1. The lowest BCUT2D eigenvalue weighted by atomic mass is 9.96. The van der Waals surface area contributed by atoms with E-state index in [1.54, 1.807) is 24.3 Å². The van der Waals surface area contributed by atoms with Crippen LogP contribution in [0.2, 0.25) is 0 Å². The highest BCUT2D eigenvalue weighted by atomic mass is 19.1. The van der Waals surface area contributed by atoms with Gasteiger partial charge in [-0.15, -0.1) is 0 Å². The van der Waals surface area contributed by atoms with Crippen LogP contribution in [0, 0.1) is 11.6 Å². The number of ether oxygens (including phenoxy) is 1. The molecule has 0 bridgehead atoms. The van der Waals surface area contributed by atoms with Crippen LogP contribution >= 0.6 is 0 Å². The molecular weight excluding hydrogens is 350 g/mol. The Morgan fingerprint density at radius 3 is 1.81 bits per heavy atom. The van der Waals surface area contributed by atoms with Gasteiger partial charge in [-0.3, -0.25) is 14.6 Å². The van der Waals surface area contributed by atoms with Gasteiger partial charge < -0.3 is 4.74 Å². The fourth-order valence-corrected chi connectivity index (χ4v) is 4.03. The van der Waals surface area contributed by atoms with Gasteiger partial charge in [-0.2, -0.15) is 0 Å². The van der Waals surface area contributed by atoms with Crippen LogP contribution in [0.15, 0.2) is 48.5 Å². The lowest BCUT2D eigenvalue weighted by Crippen LogP contribution is -2.52. The molecule has 0 N–H and O–H groups in total. The zero-order valence-corrected chi connectivity index (χ0v) is 15.0. The van der Waals surface area contributed by atoms with Crippen molar-refractivity contribution in [2.75, 3.05) is 32.8 Å². The molecule has 2 saturated heterocycles. The fourth-order valence-electron chi connectivity index (χ4n) is 4.03. The van der Waals surface area contributed by atoms with Gasteiger partial charge in [0.25, 0.3) is 0 Å². The summed E-state index contributed by atoms with van der Waals surface area (Å²) in [6.07, 6.45) is 0.748. The Labute approximate surface area is 157 Å². The normalized spacial score (nSPS) is 21.6. The van der Waals surface area contributed by atoms with E-state index in [0.717, 1.165) is 43.7 Å². The van der Waals surface area contributed by atoms with Crippen molar-refractivity contribution in [1.82, 2.24) is 9.80 Å². The Bertz CT molecular complexity index is 741. The fraction of sp³-hybridized carbons (Fsp3) is 0.381. The summed E-state index contributed by atoms with van der Waals surface area (Å²) in [4.78, 5) is 16.3. The Kier molecular flexibility index (Phi) is 5.18. The van der Waals surface area contributed by atoms with Crippen LogP contribution < -0.4 is 0 Å². The maximum absolute atomic E-state index is 13.4. The molecule has 27 heavy (non-hydrogen) atoms. The SMILES string of the molecule is O=C1OCCC1N1CCN(C(c2ccc(F)cc2)c2ccc(F)cc2)CC1. The first-order valence-electron chi connectivity index (χ1n) is 9.27. The minimum Gasteiger partial charge on any atom is -0.464 e. The molecule has 0 spiro atoms. The number of carbonyl (C=O) groups is 1. The summed E-state index contributed by atoms with van der Waals surface area (Å²) in [5.41, 5.74) is 1.94. The third-order valence-corrected chi connectivity index (χ3v) is 5.43. The molecule has 1 unspecified atom stereocenters. The second-order valence-corrected chi connectivity index (χ2v) is 7.05. The van der Waals surface area contributed by atoms with Crippen molar-refractivity contribution in [3.05, 3.63) is 71.3 Å². The van der Waals surface area contributed by atoms with Gasteiger partial charge in [-0.25, -0.2) is 8.78 Å². The molecule has 0 aromatic heterocycles. The van der Waals surface area contributed by atoms with Crippen molar-refractivity contribution in [2.24, 2.45) is 0 Å². The van der Waals surface area contributed by atoms with Crippen LogP contribution in [0.25, 0.3) is 0 Å². The molecule has 1 atom stereocenters. The average molecular weight is 372 g/mol. The van der Waals surface area contributed by atoms with Crippen LogP contribution in [0.5, 0.6) is 0 Å². The highest BCUT2D eigenvalue weighted by Gasteiger charge is 2.35. The van der Waals surface area contributed by atoms with E-state index in [-0.39, 0.29) is 29.7 Å². The van der Waals surface area contributed by atoms with Gasteiger partial charge in [-0.1, -0.05) is 24.3 Å². The second kappa shape index (κ2) is 7.74. The number of nitrogens with zero attached hydrogens (tertiary/aromatic N) is 2. The van der Waals surface area contributed by atoms with Crippen molar-refractivity contribution in [2.45, 2.75) is 18.5 Å². The van der Waals surface area contributed by atoms with Crippen LogP contribution in [0.3, 0.4) is 0 Å². The smallest absolute Gasteiger partial charge is 0.323 e. The Morgan fingerprint density at radius 1 is 0.852 bits per heavy atom. The van der Waals surface area contributed by atoms with E-state index in [2.05, 4.69) is 9.80 Å². The van der Waals surface area contributed by atoms with Gasteiger partial charge in [-0.05, 0) is 35.4 Å². The molecule has 6 heteroatoms. The first-order valence-corrected chi connectivity index (χ1v) is 9.27. The molecule has 2 aromatic rings. The van der Waals surface area contributed by atoms with Crippen LogP contribution in [-0.2, 0) is 9.53 Å². The third kappa shape index (κ3) is 3.87. The summed E-state index contributed by atoms with van der Waals surface area (Å²) in [7, 11) is 0. The predicted molar refractivity (Wildman–Crippen MR) is 97.2 cm³/mol. The second-order valence-electron chi connectivity index (χ2n) is 7.05. The number of hydrogen-bond acceptors (Lipinski definition) is 4. The minimum absolute atomic E-state index is 0.0797. The Balaban J connectivity index is 1.55. The number of rotatable bonds is 4. The molecule has 2 aliphatic rings. The van der Waals surface area contributed by atoms with Crippen molar-refractivity contribution >= 4 is 5.97 Å². The number of hydrogen-bond donors (Lipinski definition) is 0. The summed E-state index contributed by atoms with van der Waals surface area (Å²) >= 11 is 0. The van der Waals surface area contributed by atoms with Crippen molar-refractivity contribution < 1.29 is 18.3 Å².